The van der Waals surface area contributed by atoms with E-state index in [2.05, 4.69) is 52.1 Å². The fourth-order valence-electron chi connectivity index (χ4n) is 3.01. The molecule has 1 aromatic rings. The standard InChI is InChI=1S/C16H25BrFN3/c1-4-19-15(16-11-20(2)7-8-21(16)3)9-12-5-6-13(17)10-14(12)18/h5-6,10,15-16,19H,4,7-9,11H2,1-3H3. The average molecular weight is 358 g/mol. The van der Waals surface area contributed by atoms with E-state index >= 15 is 0 Å². The van der Waals surface area contributed by atoms with Crippen LogP contribution in [0.5, 0.6) is 0 Å². The predicted octanol–water partition coefficient (Wildman–Crippen LogP) is 2.35. The molecule has 21 heavy (non-hydrogen) atoms. The number of likely N-dealkylation sites (N-methyl/N-ethyl adjacent to an activating group) is 3. The van der Waals surface area contributed by atoms with Crippen LogP contribution < -0.4 is 5.32 Å². The van der Waals surface area contributed by atoms with E-state index in [4.69, 9.17) is 0 Å². The first kappa shape index (κ1) is 16.9. The fourth-order valence-corrected chi connectivity index (χ4v) is 3.34. The van der Waals surface area contributed by atoms with E-state index in [1.54, 1.807) is 6.07 Å². The second-order valence-corrected chi connectivity index (χ2v) is 6.83. The maximum Gasteiger partial charge on any atom is 0.127 e. The summed E-state index contributed by atoms with van der Waals surface area (Å²) in [5.74, 6) is -0.126. The van der Waals surface area contributed by atoms with Gasteiger partial charge in [0.15, 0.2) is 0 Å². The van der Waals surface area contributed by atoms with Gasteiger partial charge in [0.2, 0.25) is 0 Å². The number of hydrogen-bond acceptors (Lipinski definition) is 3. The lowest BCUT2D eigenvalue weighted by molar-refractivity contribution is 0.0878. The number of piperazine rings is 1. The molecule has 2 rings (SSSR count). The van der Waals surface area contributed by atoms with Gasteiger partial charge in [-0.25, -0.2) is 4.39 Å². The first-order valence-corrected chi connectivity index (χ1v) is 8.36. The number of benzene rings is 1. The molecule has 1 fully saturated rings. The van der Waals surface area contributed by atoms with Gasteiger partial charge >= 0.3 is 0 Å². The van der Waals surface area contributed by atoms with Crippen LogP contribution in [-0.4, -0.2) is 62.2 Å². The fraction of sp³-hybridized carbons (Fsp3) is 0.625. The molecule has 2 unspecified atom stereocenters. The van der Waals surface area contributed by atoms with E-state index in [-0.39, 0.29) is 11.9 Å². The van der Waals surface area contributed by atoms with Crippen molar-refractivity contribution in [1.29, 1.82) is 0 Å². The number of rotatable bonds is 5. The zero-order valence-electron chi connectivity index (χ0n) is 13.1. The minimum Gasteiger partial charge on any atom is -0.312 e. The van der Waals surface area contributed by atoms with Gasteiger partial charge in [0, 0.05) is 36.2 Å². The lowest BCUT2D eigenvalue weighted by Gasteiger charge is -2.42. The van der Waals surface area contributed by atoms with E-state index < -0.39 is 0 Å². The molecular formula is C16H25BrFN3. The van der Waals surface area contributed by atoms with Crippen molar-refractivity contribution in [2.45, 2.75) is 25.4 Å². The lowest BCUT2D eigenvalue weighted by Crippen LogP contribution is -2.59. The largest absolute Gasteiger partial charge is 0.312 e. The van der Waals surface area contributed by atoms with Crippen LogP contribution in [0, 0.1) is 5.82 Å². The quantitative estimate of drug-likeness (QED) is 0.872. The van der Waals surface area contributed by atoms with Crippen LogP contribution in [0.1, 0.15) is 12.5 Å². The maximum absolute atomic E-state index is 14.1. The molecular weight excluding hydrogens is 333 g/mol. The Labute approximate surface area is 135 Å². The van der Waals surface area contributed by atoms with E-state index in [1.165, 1.54) is 0 Å². The molecule has 1 aliphatic rings. The third-order valence-electron chi connectivity index (χ3n) is 4.29. The van der Waals surface area contributed by atoms with Crippen LogP contribution in [0.4, 0.5) is 4.39 Å². The van der Waals surface area contributed by atoms with Crippen LogP contribution in [0.3, 0.4) is 0 Å². The van der Waals surface area contributed by atoms with Gasteiger partial charge in [-0.05, 0) is 44.8 Å². The molecule has 2 atom stereocenters. The van der Waals surface area contributed by atoms with Crippen molar-refractivity contribution < 1.29 is 4.39 Å². The summed E-state index contributed by atoms with van der Waals surface area (Å²) < 4.78 is 14.9. The smallest absolute Gasteiger partial charge is 0.127 e. The van der Waals surface area contributed by atoms with Gasteiger partial charge in [0.05, 0.1) is 0 Å². The normalized spacial score (nSPS) is 22.4. The molecule has 0 aliphatic carbocycles. The molecule has 3 nitrogen and oxygen atoms in total. The summed E-state index contributed by atoms with van der Waals surface area (Å²) in [4.78, 5) is 4.75. The van der Waals surface area contributed by atoms with Crippen molar-refractivity contribution >= 4 is 15.9 Å². The highest BCUT2D eigenvalue weighted by molar-refractivity contribution is 9.10. The lowest BCUT2D eigenvalue weighted by atomic mass is 9.96. The average Bonchev–Trinajstić information content (AvgIpc) is 2.44. The van der Waals surface area contributed by atoms with Gasteiger partial charge in [0.25, 0.3) is 0 Å². The molecule has 1 saturated heterocycles. The minimum absolute atomic E-state index is 0.126. The zero-order valence-corrected chi connectivity index (χ0v) is 14.7. The van der Waals surface area contributed by atoms with E-state index in [9.17, 15) is 4.39 Å². The molecule has 0 radical (unpaired) electrons. The highest BCUT2D eigenvalue weighted by Gasteiger charge is 2.29. The van der Waals surface area contributed by atoms with Gasteiger partial charge in [-0.15, -0.1) is 0 Å². The number of hydrogen-bond donors (Lipinski definition) is 1. The van der Waals surface area contributed by atoms with Crippen molar-refractivity contribution in [1.82, 2.24) is 15.1 Å². The van der Waals surface area contributed by atoms with Gasteiger partial charge in [-0.1, -0.05) is 28.9 Å². The minimum atomic E-state index is -0.126. The number of nitrogens with one attached hydrogen (secondary N) is 1. The Morgan fingerprint density at radius 2 is 2.14 bits per heavy atom. The van der Waals surface area contributed by atoms with E-state index in [1.807, 2.05) is 12.1 Å². The summed E-state index contributed by atoms with van der Waals surface area (Å²) >= 11 is 3.32. The first-order chi connectivity index (χ1) is 10.0. The second-order valence-electron chi connectivity index (χ2n) is 5.91. The molecule has 0 aromatic heterocycles. The first-order valence-electron chi connectivity index (χ1n) is 7.57. The molecule has 1 N–H and O–H groups in total. The van der Waals surface area contributed by atoms with Gasteiger partial charge in [-0.2, -0.15) is 0 Å². The molecule has 0 saturated carbocycles. The summed E-state index contributed by atoms with van der Waals surface area (Å²) in [6.07, 6.45) is 0.718. The SMILES string of the molecule is CCNC(Cc1ccc(Br)cc1F)C1CN(C)CCN1C. The van der Waals surface area contributed by atoms with Crippen molar-refractivity contribution in [2.24, 2.45) is 0 Å². The Morgan fingerprint density at radius 3 is 2.81 bits per heavy atom. The molecule has 1 aliphatic heterocycles. The van der Waals surface area contributed by atoms with Crippen molar-refractivity contribution in [3.63, 3.8) is 0 Å². The Kier molecular flexibility index (Phi) is 6.17. The molecule has 1 heterocycles. The Balaban J connectivity index is 2.14. The number of nitrogens with zero attached hydrogens (tertiary/aromatic N) is 2. The highest BCUT2D eigenvalue weighted by Crippen LogP contribution is 2.19. The Hall–Kier alpha value is -0.490. The molecule has 118 valence electrons. The van der Waals surface area contributed by atoms with Crippen molar-refractivity contribution in [3.8, 4) is 0 Å². The van der Waals surface area contributed by atoms with Crippen molar-refractivity contribution in [3.05, 3.63) is 34.1 Å². The van der Waals surface area contributed by atoms with Crippen molar-refractivity contribution in [2.75, 3.05) is 40.3 Å². The summed E-state index contributed by atoms with van der Waals surface area (Å²) in [6.45, 7) is 6.19. The molecule has 5 heteroatoms. The van der Waals surface area contributed by atoms with Crippen LogP contribution in [0.25, 0.3) is 0 Å². The molecule has 1 aromatic carbocycles. The summed E-state index contributed by atoms with van der Waals surface area (Å²) in [7, 11) is 4.32. The molecule has 0 amide bonds. The molecule has 0 spiro atoms. The summed E-state index contributed by atoms with van der Waals surface area (Å²) in [6, 6.07) is 6.02. The topological polar surface area (TPSA) is 18.5 Å². The number of halogens is 2. The van der Waals surface area contributed by atoms with Crippen LogP contribution in [-0.2, 0) is 6.42 Å². The Bertz CT molecular complexity index is 469. The second kappa shape index (κ2) is 7.68. The third-order valence-corrected chi connectivity index (χ3v) is 4.78. The Morgan fingerprint density at radius 1 is 1.38 bits per heavy atom. The summed E-state index contributed by atoms with van der Waals surface area (Å²) in [5.41, 5.74) is 0.783. The third kappa shape index (κ3) is 4.49. The van der Waals surface area contributed by atoms with E-state index in [0.717, 1.165) is 42.6 Å². The monoisotopic (exact) mass is 357 g/mol. The predicted molar refractivity (Wildman–Crippen MR) is 89.2 cm³/mol. The van der Waals surface area contributed by atoms with Gasteiger partial charge < -0.3 is 10.2 Å². The zero-order chi connectivity index (χ0) is 15.4. The van der Waals surface area contributed by atoms with Gasteiger partial charge in [0.1, 0.15) is 5.82 Å². The summed E-state index contributed by atoms with van der Waals surface area (Å²) in [5, 5.41) is 3.55. The van der Waals surface area contributed by atoms with Gasteiger partial charge in [-0.3, -0.25) is 4.90 Å². The highest BCUT2D eigenvalue weighted by atomic mass is 79.9. The van der Waals surface area contributed by atoms with Crippen LogP contribution in [0.2, 0.25) is 0 Å². The maximum atomic E-state index is 14.1. The van der Waals surface area contributed by atoms with Crippen LogP contribution >= 0.6 is 15.9 Å². The van der Waals surface area contributed by atoms with Crippen LogP contribution in [0.15, 0.2) is 22.7 Å². The molecule has 0 bridgehead atoms. The van der Waals surface area contributed by atoms with E-state index in [0.29, 0.717) is 6.04 Å².